The van der Waals surface area contributed by atoms with Gasteiger partial charge in [-0.25, -0.2) is 4.98 Å². The van der Waals surface area contributed by atoms with Gasteiger partial charge in [-0.3, -0.25) is 9.69 Å². The average molecular weight is 328 g/mol. The Balaban J connectivity index is 2.37. The Morgan fingerprint density at radius 2 is 2.09 bits per heavy atom. The molecule has 2 aromatic rings. The first kappa shape index (κ1) is 16.5. The van der Waals surface area contributed by atoms with Gasteiger partial charge in [0.25, 0.3) is 5.91 Å². The van der Waals surface area contributed by atoms with E-state index in [1.165, 1.54) is 23.6 Å². The molecule has 3 nitrogen and oxygen atoms in total. The number of halogens is 3. The van der Waals surface area contributed by atoms with Crippen LogP contribution in [0.2, 0.25) is 0 Å². The molecule has 0 fully saturated rings. The lowest BCUT2D eigenvalue weighted by atomic mass is 10.2. The minimum Gasteiger partial charge on any atom is -0.283 e. The van der Waals surface area contributed by atoms with Crippen molar-refractivity contribution in [1.82, 2.24) is 4.98 Å². The smallest absolute Gasteiger partial charge is 0.283 e. The fraction of sp³-hybridized carbons (Fsp3) is 0.333. The van der Waals surface area contributed by atoms with Gasteiger partial charge in [0.15, 0.2) is 0 Å². The number of aromatic nitrogens is 1. The number of alkyl halides is 3. The van der Waals surface area contributed by atoms with E-state index in [1.54, 1.807) is 18.2 Å². The van der Waals surface area contributed by atoms with Gasteiger partial charge < -0.3 is 0 Å². The van der Waals surface area contributed by atoms with E-state index in [1.807, 2.05) is 13.8 Å². The van der Waals surface area contributed by atoms with Crippen LogP contribution in [0.5, 0.6) is 0 Å². The summed E-state index contributed by atoms with van der Waals surface area (Å²) >= 11 is 1.21. The van der Waals surface area contributed by atoms with E-state index in [-0.39, 0.29) is 5.82 Å². The fourth-order valence-corrected chi connectivity index (χ4v) is 3.12. The van der Waals surface area contributed by atoms with Crippen molar-refractivity contribution in [3.63, 3.8) is 0 Å². The second-order valence-electron chi connectivity index (χ2n) is 4.74. The molecule has 2 rings (SSSR count). The molecule has 2 aromatic heterocycles. The highest BCUT2D eigenvalue weighted by atomic mass is 32.1. The lowest BCUT2D eigenvalue weighted by molar-refractivity contribution is -0.118. The number of carbonyl (C=O) groups excluding carboxylic acids is 1. The largest absolute Gasteiger partial charge is 0.406 e. The SMILES string of the molecule is CCc1cc(C(=O)N(CC(F)(F)F)c2ccccn2)sc1C. The van der Waals surface area contributed by atoms with Crippen LogP contribution >= 0.6 is 11.3 Å². The molecule has 0 aliphatic rings. The zero-order chi connectivity index (χ0) is 16.3. The lowest BCUT2D eigenvalue weighted by Gasteiger charge is -2.22. The van der Waals surface area contributed by atoms with Gasteiger partial charge in [-0.1, -0.05) is 13.0 Å². The third-order valence-electron chi connectivity index (χ3n) is 3.12. The van der Waals surface area contributed by atoms with E-state index in [0.29, 0.717) is 9.78 Å². The zero-order valence-electron chi connectivity index (χ0n) is 12.1. The monoisotopic (exact) mass is 328 g/mol. The number of anilines is 1. The molecule has 0 aromatic carbocycles. The molecular weight excluding hydrogens is 313 g/mol. The van der Waals surface area contributed by atoms with Gasteiger partial charge in [-0.15, -0.1) is 11.3 Å². The van der Waals surface area contributed by atoms with Crippen molar-refractivity contribution in [1.29, 1.82) is 0 Å². The lowest BCUT2D eigenvalue weighted by Crippen LogP contribution is -2.39. The molecule has 0 aliphatic heterocycles. The molecule has 0 N–H and O–H groups in total. The first-order chi connectivity index (χ1) is 10.3. The van der Waals surface area contributed by atoms with Gasteiger partial charge in [0.05, 0.1) is 4.88 Å². The molecule has 1 amide bonds. The Morgan fingerprint density at radius 1 is 1.36 bits per heavy atom. The predicted molar refractivity (Wildman–Crippen MR) is 80.4 cm³/mol. The molecule has 118 valence electrons. The Kier molecular flexibility index (Phi) is 4.85. The minimum atomic E-state index is -4.49. The topological polar surface area (TPSA) is 33.2 Å². The highest BCUT2D eigenvalue weighted by molar-refractivity contribution is 7.14. The number of hydrogen-bond donors (Lipinski definition) is 0. The summed E-state index contributed by atoms with van der Waals surface area (Å²) in [4.78, 5) is 18.3. The number of rotatable bonds is 4. The Labute approximate surface area is 130 Å². The average Bonchev–Trinajstić information content (AvgIpc) is 2.85. The number of amides is 1. The maximum absolute atomic E-state index is 12.8. The summed E-state index contributed by atoms with van der Waals surface area (Å²) < 4.78 is 38.4. The van der Waals surface area contributed by atoms with Crippen LogP contribution in [0.15, 0.2) is 30.5 Å². The summed E-state index contributed by atoms with van der Waals surface area (Å²) in [6, 6.07) is 6.19. The molecule has 0 bridgehead atoms. The van der Waals surface area contributed by atoms with Crippen molar-refractivity contribution >= 4 is 23.1 Å². The maximum atomic E-state index is 12.8. The van der Waals surface area contributed by atoms with Gasteiger partial charge >= 0.3 is 6.18 Å². The summed E-state index contributed by atoms with van der Waals surface area (Å²) in [5.41, 5.74) is 0.973. The highest BCUT2D eigenvalue weighted by Gasteiger charge is 2.35. The Hall–Kier alpha value is -1.89. The molecule has 7 heteroatoms. The van der Waals surface area contributed by atoms with Gasteiger partial charge in [-0.2, -0.15) is 13.2 Å². The molecule has 0 unspecified atom stereocenters. The molecule has 0 radical (unpaired) electrons. The number of nitrogens with zero attached hydrogens (tertiary/aromatic N) is 2. The quantitative estimate of drug-likeness (QED) is 0.842. The number of hydrogen-bond acceptors (Lipinski definition) is 3. The maximum Gasteiger partial charge on any atom is 0.406 e. The van der Waals surface area contributed by atoms with Gasteiger partial charge in [0.2, 0.25) is 0 Å². The Bertz CT molecular complexity index is 653. The summed E-state index contributed by atoms with van der Waals surface area (Å²) in [6.07, 6.45) is -2.39. The molecule has 0 spiro atoms. The normalized spacial score (nSPS) is 11.5. The van der Waals surface area contributed by atoms with Crippen molar-refractivity contribution in [3.05, 3.63) is 45.8 Å². The second-order valence-corrected chi connectivity index (χ2v) is 6.00. The van der Waals surface area contributed by atoms with Crippen LogP contribution in [0.3, 0.4) is 0 Å². The van der Waals surface area contributed by atoms with Crippen molar-refractivity contribution in [3.8, 4) is 0 Å². The molecule has 0 saturated heterocycles. The first-order valence-corrected chi connectivity index (χ1v) is 7.52. The standard InChI is InChI=1S/C15H15F3N2OS/c1-3-11-8-12(22-10(11)2)14(21)20(9-15(16,17)18)13-6-4-5-7-19-13/h4-8H,3,9H2,1-2H3. The Morgan fingerprint density at radius 3 is 2.59 bits per heavy atom. The van der Waals surface area contributed by atoms with Crippen LogP contribution in [0.4, 0.5) is 19.0 Å². The van der Waals surface area contributed by atoms with Crippen LogP contribution in [-0.2, 0) is 6.42 Å². The van der Waals surface area contributed by atoms with E-state index in [9.17, 15) is 18.0 Å². The van der Waals surface area contributed by atoms with E-state index < -0.39 is 18.6 Å². The first-order valence-electron chi connectivity index (χ1n) is 6.70. The van der Waals surface area contributed by atoms with Gasteiger partial charge in [0, 0.05) is 11.1 Å². The number of pyridine rings is 1. The molecule has 0 saturated carbocycles. The molecule has 22 heavy (non-hydrogen) atoms. The van der Waals surface area contributed by atoms with Crippen LogP contribution < -0.4 is 4.90 Å². The van der Waals surface area contributed by atoms with Crippen LogP contribution in [0.25, 0.3) is 0 Å². The highest BCUT2D eigenvalue weighted by Crippen LogP contribution is 2.27. The third kappa shape index (κ3) is 3.85. The van der Waals surface area contributed by atoms with Crippen molar-refractivity contribution in [2.45, 2.75) is 26.4 Å². The second kappa shape index (κ2) is 6.48. The van der Waals surface area contributed by atoms with E-state index in [2.05, 4.69) is 4.98 Å². The number of carbonyl (C=O) groups is 1. The fourth-order valence-electron chi connectivity index (χ4n) is 2.06. The number of aryl methyl sites for hydroxylation is 2. The molecule has 0 atom stereocenters. The zero-order valence-corrected chi connectivity index (χ0v) is 13.0. The summed E-state index contributed by atoms with van der Waals surface area (Å²) in [7, 11) is 0. The van der Waals surface area contributed by atoms with Crippen LogP contribution in [-0.4, -0.2) is 23.6 Å². The van der Waals surface area contributed by atoms with E-state index in [4.69, 9.17) is 0 Å². The van der Waals surface area contributed by atoms with Gasteiger partial charge in [-0.05, 0) is 37.1 Å². The van der Waals surface area contributed by atoms with Crippen molar-refractivity contribution in [2.75, 3.05) is 11.4 Å². The van der Waals surface area contributed by atoms with E-state index >= 15 is 0 Å². The van der Waals surface area contributed by atoms with Crippen LogP contribution in [0, 0.1) is 6.92 Å². The molecule has 0 aliphatic carbocycles. The summed E-state index contributed by atoms with van der Waals surface area (Å²) in [6.45, 7) is 2.44. The molecule has 2 heterocycles. The van der Waals surface area contributed by atoms with Crippen molar-refractivity contribution in [2.24, 2.45) is 0 Å². The van der Waals surface area contributed by atoms with E-state index in [0.717, 1.165) is 16.9 Å². The van der Waals surface area contributed by atoms with Gasteiger partial charge in [0.1, 0.15) is 12.4 Å². The number of thiophene rings is 1. The summed E-state index contributed by atoms with van der Waals surface area (Å²) in [5.74, 6) is -0.683. The predicted octanol–water partition coefficient (Wildman–Crippen LogP) is 4.22. The van der Waals surface area contributed by atoms with Crippen molar-refractivity contribution < 1.29 is 18.0 Å². The molecular formula is C15H15F3N2OS. The third-order valence-corrected chi connectivity index (χ3v) is 4.20. The summed E-state index contributed by atoms with van der Waals surface area (Å²) in [5, 5.41) is 0. The minimum absolute atomic E-state index is 0.00562. The van der Waals surface area contributed by atoms with Crippen LogP contribution in [0.1, 0.15) is 27.0 Å².